The van der Waals surface area contributed by atoms with Crippen molar-refractivity contribution in [1.29, 1.82) is 0 Å². The van der Waals surface area contributed by atoms with E-state index in [1.54, 1.807) is 0 Å². The Hall–Kier alpha value is -6.84. The summed E-state index contributed by atoms with van der Waals surface area (Å²) >= 11 is 0. The summed E-state index contributed by atoms with van der Waals surface area (Å²) in [6.07, 6.45) is 0.946. The Morgan fingerprint density at radius 1 is 0.327 bits per heavy atom. The van der Waals surface area contributed by atoms with Gasteiger partial charge < -0.3 is 13.7 Å². The van der Waals surface area contributed by atoms with Crippen molar-refractivity contribution in [3.8, 4) is 33.4 Å². The van der Waals surface area contributed by atoms with E-state index in [4.69, 9.17) is 8.83 Å². The van der Waals surface area contributed by atoms with Crippen LogP contribution in [-0.2, 0) is 6.42 Å². The molecule has 0 fully saturated rings. The van der Waals surface area contributed by atoms with Crippen LogP contribution in [-0.4, -0.2) is 0 Å². The zero-order valence-electron chi connectivity index (χ0n) is 28.2. The Morgan fingerprint density at radius 2 is 0.788 bits per heavy atom. The molecule has 0 aliphatic heterocycles. The Morgan fingerprint density at radius 3 is 1.38 bits per heavy atom. The Labute approximate surface area is 300 Å². The van der Waals surface area contributed by atoms with Gasteiger partial charge in [-0.2, -0.15) is 0 Å². The quantitative estimate of drug-likeness (QED) is 0.183. The van der Waals surface area contributed by atoms with Gasteiger partial charge in [0, 0.05) is 38.6 Å². The number of furan rings is 2. The van der Waals surface area contributed by atoms with Gasteiger partial charge in [-0.05, 0) is 124 Å². The van der Waals surface area contributed by atoms with E-state index >= 15 is 0 Å². The molecule has 0 N–H and O–H groups in total. The normalized spacial score (nSPS) is 12.2. The van der Waals surface area contributed by atoms with Gasteiger partial charge in [0.1, 0.15) is 22.3 Å². The minimum Gasteiger partial charge on any atom is -0.456 e. The number of hydrogen-bond donors (Lipinski definition) is 0. The molecular weight excluding hydrogens is 635 g/mol. The lowest BCUT2D eigenvalue weighted by Gasteiger charge is -2.26. The molecule has 0 saturated heterocycles. The summed E-state index contributed by atoms with van der Waals surface area (Å²) in [7, 11) is 0. The van der Waals surface area contributed by atoms with Crippen LogP contribution in [0.1, 0.15) is 11.1 Å². The van der Waals surface area contributed by atoms with Gasteiger partial charge >= 0.3 is 0 Å². The van der Waals surface area contributed by atoms with E-state index in [9.17, 15) is 0 Å². The standard InChI is InChI=1S/C49H31NO2/c1-2-8-40-35(7-1)27-36-28-39(23-24-41(36)40)50(37-19-13-31(14-20-37)33-17-25-48-44(29-33)42-9-3-5-11-46(42)51-48)38-21-15-32(16-22-38)34-18-26-49-45(30-34)43-10-4-6-12-47(43)52-49/h1-26,28-30H,27H2. The summed E-state index contributed by atoms with van der Waals surface area (Å²) in [6.45, 7) is 0. The molecule has 8 aromatic carbocycles. The third-order valence-electron chi connectivity index (χ3n) is 10.7. The number of rotatable bonds is 5. The fourth-order valence-corrected chi connectivity index (χ4v) is 8.14. The van der Waals surface area contributed by atoms with E-state index in [2.05, 4.69) is 157 Å². The molecule has 244 valence electrons. The molecule has 2 heterocycles. The lowest BCUT2D eigenvalue weighted by atomic mass is 10.0. The van der Waals surface area contributed by atoms with Gasteiger partial charge in [-0.25, -0.2) is 0 Å². The van der Waals surface area contributed by atoms with Crippen LogP contribution in [0.25, 0.3) is 77.3 Å². The number of hydrogen-bond acceptors (Lipinski definition) is 3. The lowest BCUT2D eigenvalue weighted by Crippen LogP contribution is -2.10. The summed E-state index contributed by atoms with van der Waals surface area (Å²) in [6, 6.07) is 63.0. The van der Waals surface area contributed by atoms with E-state index < -0.39 is 0 Å². The van der Waals surface area contributed by atoms with Crippen molar-refractivity contribution in [2.45, 2.75) is 6.42 Å². The summed E-state index contributed by atoms with van der Waals surface area (Å²) in [4.78, 5) is 2.37. The van der Waals surface area contributed by atoms with Gasteiger partial charge in [0.05, 0.1) is 0 Å². The second-order valence-electron chi connectivity index (χ2n) is 13.7. The Kier molecular flexibility index (Phi) is 6.31. The third-order valence-corrected chi connectivity index (χ3v) is 10.7. The topological polar surface area (TPSA) is 29.5 Å². The average molecular weight is 666 g/mol. The second-order valence-corrected chi connectivity index (χ2v) is 13.7. The van der Waals surface area contributed by atoms with E-state index in [0.717, 1.165) is 78.5 Å². The van der Waals surface area contributed by atoms with Crippen LogP contribution in [0, 0.1) is 0 Å². The van der Waals surface area contributed by atoms with Crippen LogP contribution in [0.3, 0.4) is 0 Å². The van der Waals surface area contributed by atoms with Gasteiger partial charge in [-0.3, -0.25) is 0 Å². The van der Waals surface area contributed by atoms with Gasteiger partial charge in [0.25, 0.3) is 0 Å². The first-order valence-electron chi connectivity index (χ1n) is 17.8. The highest BCUT2D eigenvalue weighted by molar-refractivity contribution is 6.07. The zero-order chi connectivity index (χ0) is 34.2. The predicted octanol–water partition coefficient (Wildman–Crippen LogP) is 13.9. The van der Waals surface area contributed by atoms with Crippen molar-refractivity contribution in [2.24, 2.45) is 0 Å². The zero-order valence-corrected chi connectivity index (χ0v) is 28.2. The minimum absolute atomic E-state index is 0.910. The van der Waals surface area contributed by atoms with Crippen LogP contribution in [0.2, 0.25) is 0 Å². The van der Waals surface area contributed by atoms with Gasteiger partial charge in [-0.1, -0.05) is 103 Å². The number of anilines is 3. The SMILES string of the molecule is c1ccc2c(c1)Cc1cc(N(c3ccc(-c4ccc5oc6ccccc6c5c4)cc3)c3ccc(-c4ccc5oc6ccccc6c5c4)cc3)ccc1-2. The number of fused-ring (bicyclic) bond motifs is 9. The van der Waals surface area contributed by atoms with Crippen molar-refractivity contribution >= 4 is 60.9 Å². The first-order chi connectivity index (χ1) is 25.7. The third kappa shape index (κ3) is 4.60. The Bertz CT molecular complexity index is 2830. The highest BCUT2D eigenvalue weighted by atomic mass is 16.3. The maximum absolute atomic E-state index is 6.10. The summed E-state index contributed by atoms with van der Waals surface area (Å²) in [5.41, 5.74) is 17.1. The largest absolute Gasteiger partial charge is 0.456 e. The molecule has 0 spiro atoms. The van der Waals surface area contributed by atoms with Crippen molar-refractivity contribution in [3.05, 3.63) is 187 Å². The molecule has 2 aromatic heterocycles. The maximum Gasteiger partial charge on any atom is 0.135 e. The fraction of sp³-hybridized carbons (Fsp3) is 0.0204. The van der Waals surface area contributed by atoms with Crippen molar-refractivity contribution < 1.29 is 8.83 Å². The van der Waals surface area contributed by atoms with Crippen molar-refractivity contribution in [1.82, 2.24) is 0 Å². The second kappa shape index (κ2) is 11.3. The van der Waals surface area contributed by atoms with Gasteiger partial charge in [0.2, 0.25) is 0 Å². The smallest absolute Gasteiger partial charge is 0.135 e. The first-order valence-corrected chi connectivity index (χ1v) is 17.8. The molecule has 0 radical (unpaired) electrons. The molecule has 0 saturated carbocycles. The number of benzene rings is 8. The summed E-state index contributed by atoms with van der Waals surface area (Å²) < 4.78 is 12.2. The molecular formula is C49H31NO2. The highest BCUT2D eigenvalue weighted by Gasteiger charge is 2.21. The predicted molar refractivity (Wildman–Crippen MR) is 215 cm³/mol. The monoisotopic (exact) mass is 665 g/mol. The fourth-order valence-electron chi connectivity index (χ4n) is 8.14. The molecule has 0 amide bonds. The molecule has 10 aromatic rings. The number of para-hydroxylation sites is 2. The van der Waals surface area contributed by atoms with Crippen molar-refractivity contribution in [3.63, 3.8) is 0 Å². The molecule has 0 unspecified atom stereocenters. The van der Waals surface area contributed by atoms with E-state index in [0.29, 0.717) is 0 Å². The van der Waals surface area contributed by atoms with Crippen LogP contribution in [0.5, 0.6) is 0 Å². The number of nitrogens with zero attached hydrogens (tertiary/aromatic N) is 1. The van der Waals surface area contributed by atoms with Crippen LogP contribution < -0.4 is 4.90 Å². The maximum atomic E-state index is 6.10. The minimum atomic E-state index is 0.910. The van der Waals surface area contributed by atoms with Crippen LogP contribution in [0.15, 0.2) is 185 Å². The molecule has 3 heteroatoms. The Balaban J connectivity index is 0.987. The van der Waals surface area contributed by atoms with E-state index in [-0.39, 0.29) is 0 Å². The molecule has 1 aliphatic rings. The average Bonchev–Trinajstić information content (AvgIpc) is 3.89. The van der Waals surface area contributed by atoms with Gasteiger partial charge in [-0.15, -0.1) is 0 Å². The van der Waals surface area contributed by atoms with Gasteiger partial charge in [0.15, 0.2) is 0 Å². The molecule has 11 rings (SSSR count). The first kappa shape index (κ1) is 28.9. The molecule has 0 bridgehead atoms. The van der Waals surface area contributed by atoms with Crippen LogP contribution in [0.4, 0.5) is 17.1 Å². The van der Waals surface area contributed by atoms with Crippen molar-refractivity contribution in [2.75, 3.05) is 4.90 Å². The summed E-state index contributed by atoms with van der Waals surface area (Å²) in [5.74, 6) is 0. The molecule has 3 nitrogen and oxygen atoms in total. The van der Waals surface area contributed by atoms with Crippen LogP contribution >= 0.6 is 0 Å². The highest BCUT2D eigenvalue weighted by Crippen LogP contribution is 2.43. The molecule has 1 aliphatic carbocycles. The molecule has 52 heavy (non-hydrogen) atoms. The molecule has 0 atom stereocenters. The summed E-state index contributed by atoms with van der Waals surface area (Å²) in [5, 5.41) is 4.56. The van der Waals surface area contributed by atoms with E-state index in [1.807, 2.05) is 24.3 Å². The van der Waals surface area contributed by atoms with E-state index in [1.165, 1.54) is 33.4 Å². The lowest BCUT2D eigenvalue weighted by molar-refractivity contribution is 0.668.